The van der Waals surface area contributed by atoms with Gasteiger partial charge in [-0.1, -0.05) is 0 Å². The average Bonchev–Trinajstić information content (AvgIpc) is 3.21. The minimum absolute atomic E-state index is 0.284. The van der Waals surface area contributed by atoms with E-state index in [9.17, 15) is 0 Å². The van der Waals surface area contributed by atoms with Crippen molar-refractivity contribution in [2.24, 2.45) is 10.7 Å². The number of hydrogen-bond donors (Lipinski definition) is 2. The number of nitrogens with two attached hydrogens (primary N) is 1. The molecule has 3 N–H and O–H groups in total. The maximum Gasteiger partial charge on any atom is 0.209 e. The van der Waals surface area contributed by atoms with Crippen LogP contribution in [-0.2, 0) is 0 Å². The van der Waals surface area contributed by atoms with Crippen molar-refractivity contribution in [2.75, 3.05) is 18.0 Å². The number of nitrogens with one attached hydrogen (secondary N) is 1. The number of aromatic amines is 1. The maximum atomic E-state index is 8.65. The summed E-state index contributed by atoms with van der Waals surface area (Å²) < 4.78 is 0. The standard InChI is InChI=1S/C14H16N8/c1-8-3-17-12-11(8)13(20-7-19-12)21-4-10-2-9(21)5-22(10)14(16)18-6-15/h3,7,9-10H,2,4-5H2,1H3,(H2,16,18)(H,17,19,20). The predicted molar refractivity (Wildman–Crippen MR) is 82.1 cm³/mol. The Hall–Kier alpha value is -2.82. The summed E-state index contributed by atoms with van der Waals surface area (Å²) in [6.07, 6.45) is 6.33. The van der Waals surface area contributed by atoms with E-state index in [1.165, 1.54) is 0 Å². The molecule has 4 rings (SSSR count). The number of piperazine rings is 1. The Morgan fingerprint density at radius 3 is 3.05 bits per heavy atom. The Labute approximate surface area is 127 Å². The topological polar surface area (TPSA) is 110 Å². The van der Waals surface area contributed by atoms with Crippen molar-refractivity contribution in [1.29, 1.82) is 5.26 Å². The quantitative estimate of drug-likeness (QED) is 0.445. The lowest BCUT2D eigenvalue weighted by molar-refractivity contribution is 0.362. The fraction of sp³-hybridized carbons (Fsp3) is 0.429. The lowest BCUT2D eigenvalue weighted by Gasteiger charge is -2.35. The number of aliphatic imine (C=N–C) groups is 1. The number of aryl methyl sites for hydroxylation is 1. The molecule has 0 aromatic carbocycles. The molecule has 2 bridgehead atoms. The van der Waals surface area contributed by atoms with Gasteiger partial charge in [-0.2, -0.15) is 5.26 Å². The van der Waals surface area contributed by atoms with Gasteiger partial charge in [0.15, 0.2) is 0 Å². The summed E-state index contributed by atoms with van der Waals surface area (Å²) in [6, 6.07) is 0.621. The van der Waals surface area contributed by atoms with E-state index in [0.29, 0.717) is 12.0 Å². The van der Waals surface area contributed by atoms with Crippen molar-refractivity contribution in [1.82, 2.24) is 19.9 Å². The summed E-state index contributed by atoms with van der Waals surface area (Å²) in [6.45, 7) is 3.67. The molecule has 2 aromatic rings. The molecule has 2 aliphatic heterocycles. The third-order valence-electron chi connectivity index (χ3n) is 4.62. The van der Waals surface area contributed by atoms with Crippen LogP contribution in [0, 0.1) is 18.4 Å². The lowest BCUT2D eigenvalue weighted by Crippen LogP contribution is -2.51. The summed E-state index contributed by atoms with van der Waals surface area (Å²) in [5.74, 6) is 1.30. The molecule has 0 aliphatic carbocycles. The Bertz CT molecular complexity index is 801. The van der Waals surface area contributed by atoms with Crippen molar-refractivity contribution in [3.05, 3.63) is 18.1 Å². The maximum absolute atomic E-state index is 8.65. The second kappa shape index (κ2) is 4.59. The summed E-state index contributed by atoms with van der Waals surface area (Å²) in [7, 11) is 0. The molecule has 8 heteroatoms. The average molecular weight is 296 g/mol. The van der Waals surface area contributed by atoms with E-state index in [2.05, 4.69) is 31.8 Å². The zero-order valence-electron chi connectivity index (χ0n) is 12.2. The van der Waals surface area contributed by atoms with Gasteiger partial charge in [-0.15, -0.1) is 4.99 Å². The Morgan fingerprint density at radius 2 is 2.32 bits per heavy atom. The number of aromatic nitrogens is 3. The number of likely N-dealkylation sites (tertiary alicyclic amines) is 1. The zero-order chi connectivity index (χ0) is 15.3. The van der Waals surface area contributed by atoms with Gasteiger partial charge >= 0.3 is 0 Å². The van der Waals surface area contributed by atoms with E-state index < -0.39 is 0 Å². The van der Waals surface area contributed by atoms with Crippen LogP contribution in [0.25, 0.3) is 11.0 Å². The van der Waals surface area contributed by atoms with E-state index >= 15 is 0 Å². The van der Waals surface area contributed by atoms with Crippen LogP contribution < -0.4 is 10.6 Å². The number of nitrogens with zero attached hydrogens (tertiary/aromatic N) is 6. The van der Waals surface area contributed by atoms with E-state index in [1.54, 1.807) is 12.5 Å². The van der Waals surface area contributed by atoms with Crippen molar-refractivity contribution in [2.45, 2.75) is 25.4 Å². The molecule has 2 fully saturated rings. The third kappa shape index (κ3) is 1.72. The van der Waals surface area contributed by atoms with Gasteiger partial charge in [0.2, 0.25) is 12.2 Å². The molecule has 4 heterocycles. The number of guanidine groups is 1. The van der Waals surface area contributed by atoms with Gasteiger partial charge in [0.1, 0.15) is 17.8 Å². The molecule has 2 aliphatic rings. The second-order valence-electron chi connectivity index (χ2n) is 5.81. The molecule has 2 atom stereocenters. The minimum Gasteiger partial charge on any atom is -0.369 e. The van der Waals surface area contributed by atoms with Crippen LogP contribution in [0.3, 0.4) is 0 Å². The number of hydrogen-bond acceptors (Lipinski definition) is 5. The SMILES string of the molecule is Cc1c[nH]c2ncnc(N3CC4CC3CN4C(N)=NC#N)c12. The van der Waals surface area contributed by atoms with Gasteiger partial charge in [-0.3, -0.25) is 0 Å². The smallest absolute Gasteiger partial charge is 0.209 e. The highest BCUT2D eigenvalue weighted by Crippen LogP contribution is 2.36. The molecular formula is C14H16N8. The number of nitriles is 1. The summed E-state index contributed by atoms with van der Waals surface area (Å²) in [4.78, 5) is 20.0. The third-order valence-corrected chi connectivity index (χ3v) is 4.62. The highest BCUT2D eigenvalue weighted by atomic mass is 15.4. The molecule has 2 unspecified atom stereocenters. The first-order chi connectivity index (χ1) is 10.7. The van der Waals surface area contributed by atoms with Crippen LogP contribution in [0.15, 0.2) is 17.5 Å². The first-order valence-electron chi connectivity index (χ1n) is 7.23. The first kappa shape index (κ1) is 12.9. The van der Waals surface area contributed by atoms with Gasteiger partial charge in [0.25, 0.3) is 0 Å². The fourth-order valence-corrected chi connectivity index (χ4v) is 3.64. The number of anilines is 1. The van der Waals surface area contributed by atoms with Crippen LogP contribution in [0.5, 0.6) is 0 Å². The molecule has 2 saturated heterocycles. The summed E-state index contributed by atoms with van der Waals surface area (Å²) in [5.41, 5.74) is 7.88. The Kier molecular flexibility index (Phi) is 2.69. The molecular weight excluding hydrogens is 280 g/mol. The van der Waals surface area contributed by atoms with Crippen LogP contribution in [0.1, 0.15) is 12.0 Å². The van der Waals surface area contributed by atoms with Crippen LogP contribution in [0.4, 0.5) is 5.82 Å². The van der Waals surface area contributed by atoms with Crippen molar-refractivity contribution in [3.63, 3.8) is 0 Å². The van der Waals surface area contributed by atoms with Gasteiger partial charge in [0, 0.05) is 19.3 Å². The number of fused-ring (bicyclic) bond motifs is 3. The van der Waals surface area contributed by atoms with Crippen molar-refractivity contribution < 1.29 is 0 Å². The highest BCUT2D eigenvalue weighted by Gasteiger charge is 2.45. The highest BCUT2D eigenvalue weighted by molar-refractivity contribution is 5.91. The first-order valence-corrected chi connectivity index (χ1v) is 7.23. The molecule has 0 spiro atoms. The van der Waals surface area contributed by atoms with Gasteiger partial charge < -0.3 is 20.5 Å². The molecule has 112 valence electrons. The van der Waals surface area contributed by atoms with Crippen molar-refractivity contribution in [3.8, 4) is 6.19 Å². The predicted octanol–water partition coefficient (Wildman–Crippen LogP) is 0.325. The monoisotopic (exact) mass is 296 g/mol. The summed E-state index contributed by atoms with van der Waals surface area (Å²) in [5, 5.41) is 9.73. The zero-order valence-corrected chi connectivity index (χ0v) is 12.2. The van der Waals surface area contributed by atoms with E-state index in [-0.39, 0.29) is 6.04 Å². The normalized spacial score (nSPS) is 24.3. The van der Waals surface area contributed by atoms with Gasteiger partial charge in [0.05, 0.1) is 17.5 Å². The Morgan fingerprint density at radius 1 is 1.45 bits per heavy atom. The fourth-order valence-electron chi connectivity index (χ4n) is 3.64. The van der Waals surface area contributed by atoms with Gasteiger partial charge in [-0.05, 0) is 18.9 Å². The van der Waals surface area contributed by atoms with E-state index in [1.807, 2.05) is 11.1 Å². The second-order valence-corrected chi connectivity index (χ2v) is 5.81. The van der Waals surface area contributed by atoms with Crippen molar-refractivity contribution >= 4 is 22.8 Å². The minimum atomic E-state index is 0.284. The number of rotatable bonds is 1. The molecule has 8 nitrogen and oxygen atoms in total. The molecule has 0 amide bonds. The number of H-pyrrole nitrogens is 1. The van der Waals surface area contributed by atoms with Gasteiger partial charge in [-0.25, -0.2) is 9.97 Å². The van der Waals surface area contributed by atoms with Crippen LogP contribution in [-0.4, -0.2) is 51.0 Å². The Balaban J connectivity index is 1.66. The van der Waals surface area contributed by atoms with E-state index in [0.717, 1.165) is 41.9 Å². The lowest BCUT2D eigenvalue weighted by atomic mass is 10.2. The summed E-state index contributed by atoms with van der Waals surface area (Å²) >= 11 is 0. The molecule has 2 aromatic heterocycles. The molecule has 22 heavy (non-hydrogen) atoms. The largest absolute Gasteiger partial charge is 0.369 e. The molecule has 0 saturated carbocycles. The van der Waals surface area contributed by atoms with Crippen LogP contribution in [0.2, 0.25) is 0 Å². The van der Waals surface area contributed by atoms with E-state index in [4.69, 9.17) is 11.0 Å². The van der Waals surface area contributed by atoms with Crippen LogP contribution >= 0.6 is 0 Å². The molecule has 0 radical (unpaired) electrons.